The smallest absolute Gasteiger partial charge is 0.341 e. The van der Waals surface area contributed by atoms with Gasteiger partial charge in [0, 0.05) is 10.7 Å². The van der Waals surface area contributed by atoms with E-state index in [4.69, 9.17) is 16.3 Å². The number of anilines is 2. The first-order valence-electron chi connectivity index (χ1n) is 7.19. The molecule has 0 aromatic heterocycles. The summed E-state index contributed by atoms with van der Waals surface area (Å²) < 4.78 is 53.6. The molecule has 2 amide bonds. The quantitative estimate of drug-likeness (QED) is 0.778. The van der Waals surface area contributed by atoms with Gasteiger partial charge in [-0.05, 0) is 42.8 Å². The Morgan fingerprint density at radius 1 is 1.15 bits per heavy atom. The minimum Gasteiger partial charge on any atom is -0.495 e. The first-order chi connectivity index (χ1) is 12.1. The minimum atomic E-state index is -4.81. The molecule has 0 bridgehead atoms. The summed E-state index contributed by atoms with van der Waals surface area (Å²) in [6.07, 6.45) is 0. The van der Waals surface area contributed by atoms with Gasteiger partial charge < -0.3 is 15.4 Å². The fourth-order valence-corrected chi connectivity index (χ4v) is 2.95. The number of carbonyl (C=O) groups is 1. The standard InChI is InChI=1S/C16H15ClF2N2O4S/c1-9-3-4-10(7-12(9)17)20-16(22)21-13-8-11(5-6-14(13)25-2)26(23,24)15(18)19/h3-8,15H,1-2H3,(H2,20,21,22). The molecule has 26 heavy (non-hydrogen) atoms. The van der Waals surface area contributed by atoms with E-state index in [2.05, 4.69) is 10.6 Å². The number of ether oxygens (including phenoxy) is 1. The van der Waals surface area contributed by atoms with Gasteiger partial charge in [0.25, 0.3) is 0 Å². The highest BCUT2D eigenvalue weighted by Gasteiger charge is 2.27. The lowest BCUT2D eigenvalue weighted by molar-refractivity contribution is 0.234. The van der Waals surface area contributed by atoms with Crippen molar-refractivity contribution in [3.8, 4) is 5.75 Å². The number of hydrogen-bond acceptors (Lipinski definition) is 4. The summed E-state index contributed by atoms with van der Waals surface area (Å²) in [5.74, 6) is -3.47. The summed E-state index contributed by atoms with van der Waals surface area (Å²) >= 11 is 5.98. The maximum Gasteiger partial charge on any atom is 0.341 e. The Morgan fingerprint density at radius 2 is 1.85 bits per heavy atom. The summed E-state index contributed by atoms with van der Waals surface area (Å²) in [5.41, 5.74) is 1.14. The van der Waals surface area contributed by atoms with Gasteiger partial charge in [-0.25, -0.2) is 13.2 Å². The van der Waals surface area contributed by atoms with Crippen molar-refractivity contribution >= 4 is 38.8 Å². The number of benzene rings is 2. The molecule has 0 radical (unpaired) electrons. The molecule has 2 aromatic carbocycles. The van der Waals surface area contributed by atoms with E-state index in [1.807, 2.05) is 0 Å². The molecule has 0 aliphatic carbocycles. The molecule has 0 saturated heterocycles. The lowest BCUT2D eigenvalue weighted by Gasteiger charge is -2.13. The molecule has 10 heteroatoms. The van der Waals surface area contributed by atoms with Crippen molar-refractivity contribution in [2.75, 3.05) is 17.7 Å². The molecular weight excluding hydrogens is 390 g/mol. The molecule has 2 N–H and O–H groups in total. The van der Waals surface area contributed by atoms with E-state index in [1.54, 1.807) is 19.1 Å². The predicted octanol–water partition coefficient (Wildman–Crippen LogP) is 4.30. The Bertz CT molecular complexity index is 936. The maximum atomic E-state index is 12.7. The SMILES string of the molecule is COc1ccc(S(=O)(=O)C(F)F)cc1NC(=O)Nc1ccc(C)c(Cl)c1. The van der Waals surface area contributed by atoms with Crippen molar-refractivity contribution < 1.29 is 26.7 Å². The Balaban J connectivity index is 2.26. The van der Waals surface area contributed by atoms with Crippen LogP contribution in [0.25, 0.3) is 0 Å². The number of hydrogen-bond donors (Lipinski definition) is 2. The third-order valence-electron chi connectivity index (χ3n) is 3.41. The Hall–Kier alpha value is -2.39. The van der Waals surface area contributed by atoms with Crippen molar-refractivity contribution in [1.82, 2.24) is 0 Å². The third-order valence-corrected chi connectivity index (χ3v) is 5.20. The van der Waals surface area contributed by atoms with Crippen LogP contribution in [-0.4, -0.2) is 27.3 Å². The molecule has 0 aliphatic rings. The van der Waals surface area contributed by atoms with E-state index in [0.29, 0.717) is 10.7 Å². The third kappa shape index (κ3) is 4.41. The van der Waals surface area contributed by atoms with Gasteiger partial charge in [0.15, 0.2) is 0 Å². The second-order valence-corrected chi connectivity index (χ2v) is 7.54. The number of methoxy groups -OCH3 is 1. The molecule has 0 unspecified atom stereocenters. The van der Waals surface area contributed by atoms with Crippen LogP contribution in [-0.2, 0) is 9.84 Å². The van der Waals surface area contributed by atoms with E-state index in [9.17, 15) is 22.0 Å². The summed E-state index contributed by atoms with van der Waals surface area (Å²) in [5, 5.41) is 5.32. The van der Waals surface area contributed by atoms with E-state index in [1.165, 1.54) is 19.2 Å². The number of halogens is 3. The predicted molar refractivity (Wildman–Crippen MR) is 95.0 cm³/mol. The lowest BCUT2D eigenvalue weighted by atomic mass is 10.2. The number of sulfone groups is 1. The molecule has 2 aromatic rings. The van der Waals surface area contributed by atoms with Crippen LogP contribution in [0.4, 0.5) is 25.0 Å². The zero-order valence-electron chi connectivity index (χ0n) is 13.7. The van der Waals surface area contributed by atoms with Gasteiger partial charge in [-0.1, -0.05) is 17.7 Å². The second kappa shape index (κ2) is 7.88. The van der Waals surface area contributed by atoms with Crippen LogP contribution in [0.1, 0.15) is 5.56 Å². The number of carbonyl (C=O) groups excluding carboxylic acids is 1. The highest BCUT2D eigenvalue weighted by molar-refractivity contribution is 7.91. The van der Waals surface area contributed by atoms with E-state index >= 15 is 0 Å². The molecule has 6 nitrogen and oxygen atoms in total. The lowest BCUT2D eigenvalue weighted by Crippen LogP contribution is -2.20. The number of urea groups is 1. The van der Waals surface area contributed by atoms with Crippen molar-refractivity contribution in [1.29, 1.82) is 0 Å². The van der Waals surface area contributed by atoms with Gasteiger partial charge >= 0.3 is 11.8 Å². The van der Waals surface area contributed by atoms with Crippen molar-refractivity contribution in [3.05, 3.63) is 47.0 Å². The van der Waals surface area contributed by atoms with Gasteiger partial charge in [0.05, 0.1) is 17.7 Å². The molecule has 0 fully saturated rings. The summed E-state index contributed by atoms with van der Waals surface area (Å²) in [6.45, 7) is 1.80. The van der Waals surface area contributed by atoms with Crippen molar-refractivity contribution in [2.24, 2.45) is 0 Å². The monoisotopic (exact) mass is 404 g/mol. The first-order valence-corrected chi connectivity index (χ1v) is 9.12. The first kappa shape index (κ1) is 19.9. The summed E-state index contributed by atoms with van der Waals surface area (Å²) in [6, 6.07) is 7.18. The van der Waals surface area contributed by atoms with Crippen LogP contribution in [0.15, 0.2) is 41.3 Å². The van der Waals surface area contributed by atoms with Crippen LogP contribution in [0.5, 0.6) is 5.75 Å². The highest BCUT2D eigenvalue weighted by atomic mass is 35.5. The second-order valence-electron chi connectivity index (χ2n) is 5.21. The number of amides is 2. The van der Waals surface area contributed by atoms with E-state index in [-0.39, 0.29) is 11.4 Å². The zero-order valence-corrected chi connectivity index (χ0v) is 15.3. The van der Waals surface area contributed by atoms with Gasteiger partial charge in [0.2, 0.25) is 9.84 Å². The van der Waals surface area contributed by atoms with Crippen LogP contribution in [0, 0.1) is 6.92 Å². The summed E-state index contributed by atoms with van der Waals surface area (Å²) in [4.78, 5) is 11.5. The average Bonchev–Trinajstić information content (AvgIpc) is 2.57. The fourth-order valence-electron chi connectivity index (χ4n) is 2.02. The highest BCUT2D eigenvalue weighted by Crippen LogP contribution is 2.30. The van der Waals surface area contributed by atoms with Crippen LogP contribution in [0.2, 0.25) is 5.02 Å². The molecule has 0 spiro atoms. The van der Waals surface area contributed by atoms with Crippen LogP contribution in [0.3, 0.4) is 0 Å². The van der Waals surface area contributed by atoms with Crippen LogP contribution >= 0.6 is 11.6 Å². The average molecular weight is 405 g/mol. The van der Waals surface area contributed by atoms with Gasteiger partial charge in [-0.3, -0.25) is 0 Å². The Morgan fingerprint density at radius 3 is 2.42 bits per heavy atom. The van der Waals surface area contributed by atoms with E-state index in [0.717, 1.165) is 17.7 Å². The molecule has 0 aliphatic heterocycles. The van der Waals surface area contributed by atoms with Gasteiger partial charge in [0.1, 0.15) is 5.75 Å². The van der Waals surface area contributed by atoms with Gasteiger partial charge in [-0.15, -0.1) is 0 Å². The van der Waals surface area contributed by atoms with Crippen LogP contribution < -0.4 is 15.4 Å². The number of aryl methyl sites for hydroxylation is 1. The maximum absolute atomic E-state index is 12.7. The minimum absolute atomic E-state index is 0.0788. The number of nitrogens with one attached hydrogen (secondary N) is 2. The number of alkyl halides is 2. The molecule has 2 rings (SSSR count). The Labute approximate surface area is 154 Å². The molecular formula is C16H15ClF2N2O4S. The molecule has 0 saturated carbocycles. The zero-order chi connectivity index (χ0) is 19.5. The normalized spacial score (nSPS) is 11.3. The molecule has 0 atom stereocenters. The molecule has 140 valence electrons. The topological polar surface area (TPSA) is 84.5 Å². The van der Waals surface area contributed by atoms with Crippen molar-refractivity contribution in [2.45, 2.75) is 17.6 Å². The Kier molecular flexibility index (Phi) is 6.04. The van der Waals surface area contributed by atoms with E-state index < -0.39 is 26.5 Å². The summed E-state index contributed by atoms with van der Waals surface area (Å²) in [7, 11) is -3.52. The number of rotatable bonds is 5. The fraction of sp³-hybridized carbons (Fsp3) is 0.188. The largest absolute Gasteiger partial charge is 0.495 e. The van der Waals surface area contributed by atoms with Gasteiger partial charge in [-0.2, -0.15) is 8.78 Å². The molecule has 0 heterocycles. The van der Waals surface area contributed by atoms with Crippen molar-refractivity contribution in [3.63, 3.8) is 0 Å².